The van der Waals surface area contributed by atoms with Gasteiger partial charge < -0.3 is 15.3 Å². The number of nitro groups is 1. The van der Waals surface area contributed by atoms with E-state index in [1.165, 1.54) is 11.1 Å². The van der Waals surface area contributed by atoms with Crippen LogP contribution in [0.25, 0.3) is 0 Å². The summed E-state index contributed by atoms with van der Waals surface area (Å²) in [5.74, 6) is 1.13. The summed E-state index contributed by atoms with van der Waals surface area (Å²) >= 11 is 0. The summed E-state index contributed by atoms with van der Waals surface area (Å²) in [6, 6.07) is 8.29. The zero-order valence-corrected chi connectivity index (χ0v) is 15.5. The molecule has 8 heteroatoms. The molecule has 144 valence electrons. The molecule has 0 amide bonds. The predicted octanol–water partition coefficient (Wildman–Crippen LogP) is 2.48. The van der Waals surface area contributed by atoms with E-state index in [4.69, 9.17) is 5.11 Å². The molecule has 8 nitrogen and oxygen atoms in total. The molecule has 2 aromatic rings. The number of unbranched alkanes of at least 4 members (excludes halogenated alkanes) is 1. The average Bonchev–Trinajstić information content (AvgIpc) is 2.87. The summed E-state index contributed by atoms with van der Waals surface area (Å²) in [5, 5.41) is 23.8. The van der Waals surface area contributed by atoms with E-state index in [2.05, 4.69) is 27.4 Å². The maximum absolute atomic E-state index is 11.8. The number of hydrogen-bond acceptors (Lipinski definition) is 7. The van der Waals surface area contributed by atoms with Crippen LogP contribution in [0.1, 0.15) is 29.8 Å². The van der Waals surface area contributed by atoms with Crippen LogP contribution >= 0.6 is 0 Å². The average molecular weight is 371 g/mol. The summed E-state index contributed by atoms with van der Waals surface area (Å²) in [7, 11) is 0. The Labute approximate surface area is 158 Å². The molecule has 2 heterocycles. The van der Waals surface area contributed by atoms with E-state index in [0.29, 0.717) is 44.1 Å². The second-order valence-corrected chi connectivity index (χ2v) is 6.66. The molecular formula is C19H25N5O3. The molecule has 0 unspecified atom stereocenters. The minimum Gasteiger partial charge on any atom is -0.396 e. The topological polar surface area (TPSA) is 104 Å². The molecule has 0 saturated carbocycles. The van der Waals surface area contributed by atoms with Gasteiger partial charge >= 0.3 is 5.69 Å². The van der Waals surface area contributed by atoms with Crippen LogP contribution < -0.4 is 10.2 Å². The Kier molecular flexibility index (Phi) is 6.18. The van der Waals surface area contributed by atoms with Crippen LogP contribution in [0.3, 0.4) is 0 Å². The normalized spacial score (nSPS) is 13.8. The van der Waals surface area contributed by atoms with Crippen LogP contribution in [-0.2, 0) is 12.8 Å². The van der Waals surface area contributed by atoms with Crippen molar-refractivity contribution in [3.63, 3.8) is 0 Å². The number of anilines is 2. The maximum Gasteiger partial charge on any atom is 0.353 e. The summed E-state index contributed by atoms with van der Waals surface area (Å²) in [6.07, 6.45) is 3.01. The van der Waals surface area contributed by atoms with Crippen molar-refractivity contribution in [2.75, 3.05) is 36.5 Å². The lowest BCUT2D eigenvalue weighted by atomic mass is 10.0. The molecule has 0 fully saturated rings. The molecular weight excluding hydrogens is 346 g/mol. The van der Waals surface area contributed by atoms with Crippen molar-refractivity contribution >= 4 is 17.3 Å². The summed E-state index contributed by atoms with van der Waals surface area (Å²) in [4.78, 5) is 22.1. The number of hydrogen-bond donors (Lipinski definition) is 2. The minimum atomic E-state index is -0.402. The van der Waals surface area contributed by atoms with Crippen molar-refractivity contribution in [1.29, 1.82) is 0 Å². The summed E-state index contributed by atoms with van der Waals surface area (Å²) in [6.45, 7) is 3.73. The Hall–Kier alpha value is -2.74. The highest BCUT2D eigenvalue weighted by Gasteiger charge is 2.29. The van der Waals surface area contributed by atoms with Crippen molar-refractivity contribution in [3.8, 4) is 0 Å². The molecule has 0 aliphatic carbocycles. The number of nitrogens with one attached hydrogen (secondary N) is 1. The third-order valence-corrected chi connectivity index (χ3v) is 4.76. The number of fused-ring (bicyclic) bond motifs is 1. The van der Waals surface area contributed by atoms with E-state index in [-0.39, 0.29) is 18.1 Å². The van der Waals surface area contributed by atoms with E-state index in [9.17, 15) is 10.1 Å². The molecule has 0 saturated heterocycles. The van der Waals surface area contributed by atoms with Crippen molar-refractivity contribution in [2.45, 2.75) is 32.6 Å². The number of nitrogens with zero attached hydrogens (tertiary/aromatic N) is 4. The van der Waals surface area contributed by atoms with Gasteiger partial charge in [0.25, 0.3) is 0 Å². The van der Waals surface area contributed by atoms with Crippen LogP contribution in [0.4, 0.5) is 17.3 Å². The second kappa shape index (κ2) is 8.77. The van der Waals surface area contributed by atoms with Gasteiger partial charge in [-0.2, -0.15) is 0 Å². The number of rotatable bonds is 7. The molecule has 1 aliphatic rings. The number of aryl methyl sites for hydroxylation is 1. The smallest absolute Gasteiger partial charge is 0.353 e. The Morgan fingerprint density at radius 1 is 1.19 bits per heavy atom. The van der Waals surface area contributed by atoms with Crippen LogP contribution in [0.15, 0.2) is 24.3 Å². The van der Waals surface area contributed by atoms with E-state index < -0.39 is 4.92 Å². The van der Waals surface area contributed by atoms with Crippen molar-refractivity contribution < 1.29 is 10.0 Å². The lowest BCUT2D eigenvalue weighted by Crippen LogP contribution is -2.28. The van der Waals surface area contributed by atoms with Gasteiger partial charge in [0, 0.05) is 26.2 Å². The molecule has 2 N–H and O–H groups in total. The summed E-state index contributed by atoms with van der Waals surface area (Å²) < 4.78 is 0. The second-order valence-electron chi connectivity index (χ2n) is 6.66. The number of aliphatic hydroxyl groups is 1. The van der Waals surface area contributed by atoms with Crippen LogP contribution in [0, 0.1) is 17.0 Å². The number of benzene rings is 1. The van der Waals surface area contributed by atoms with E-state index in [1.807, 2.05) is 17.0 Å². The molecule has 0 atom stereocenters. The molecule has 1 aromatic carbocycles. The molecule has 27 heavy (non-hydrogen) atoms. The standard InChI is InChI=1S/C19H25N5O3/c1-14-21-18(20-10-4-5-13-25)17(24(26)27)19(22-14)23-11-8-15-6-2-3-7-16(15)9-12-23/h2-3,6-7,25H,4-5,8-13H2,1H3,(H,20,21,22). The minimum absolute atomic E-state index is 0.0736. The first-order chi connectivity index (χ1) is 13.1. The lowest BCUT2D eigenvalue weighted by molar-refractivity contribution is -0.383. The number of aliphatic hydroxyl groups excluding tert-OH is 1. The molecule has 0 spiro atoms. The van der Waals surface area contributed by atoms with Gasteiger partial charge in [-0.15, -0.1) is 0 Å². The first-order valence-corrected chi connectivity index (χ1v) is 9.29. The third-order valence-electron chi connectivity index (χ3n) is 4.76. The predicted molar refractivity (Wildman–Crippen MR) is 104 cm³/mol. The quantitative estimate of drug-likeness (QED) is 0.438. The third kappa shape index (κ3) is 4.51. The summed E-state index contributed by atoms with van der Waals surface area (Å²) in [5.41, 5.74) is 2.50. The van der Waals surface area contributed by atoms with Gasteiger partial charge in [-0.1, -0.05) is 24.3 Å². The van der Waals surface area contributed by atoms with Gasteiger partial charge in [0.2, 0.25) is 11.6 Å². The van der Waals surface area contributed by atoms with Gasteiger partial charge in [0.05, 0.1) is 4.92 Å². The highest BCUT2D eigenvalue weighted by atomic mass is 16.6. The first kappa shape index (κ1) is 19.0. The van der Waals surface area contributed by atoms with Gasteiger partial charge in [0.1, 0.15) is 5.82 Å². The Balaban J connectivity index is 1.88. The monoisotopic (exact) mass is 371 g/mol. The van der Waals surface area contributed by atoms with Crippen molar-refractivity contribution in [1.82, 2.24) is 9.97 Å². The lowest BCUT2D eigenvalue weighted by Gasteiger charge is -2.22. The van der Waals surface area contributed by atoms with Gasteiger partial charge in [-0.3, -0.25) is 10.1 Å². The fourth-order valence-electron chi connectivity index (χ4n) is 3.39. The highest BCUT2D eigenvalue weighted by Crippen LogP contribution is 2.34. The van der Waals surface area contributed by atoms with E-state index >= 15 is 0 Å². The molecule has 1 aliphatic heterocycles. The van der Waals surface area contributed by atoms with Crippen molar-refractivity contribution in [3.05, 3.63) is 51.3 Å². The largest absolute Gasteiger partial charge is 0.396 e. The fraction of sp³-hybridized carbons (Fsp3) is 0.474. The zero-order valence-electron chi connectivity index (χ0n) is 15.5. The Morgan fingerprint density at radius 3 is 2.44 bits per heavy atom. The maximum atomic E-state index is 11.8. The molecule has 0 bridgehead atoms. The highest BCUT2D eigenvalue weighted by molar-refractivity contribution is 5.71. The molecule has 3 rings (SSSR count). The Morgan fingerprint density at radius 2 is 1.85 bits per heavy atom. The van der Waals surface area contributed by atoms with Gasteiger partial charge in [0.15, 0.2) is 0 Å². The van der Waals surface area contributed by atoms with Crippen LogP contribution in [0.5, 0.6) is 0 Å². The molecule has 0 radical (unpaired) electrons. The van der Waals surface area contributed by atoms with E-state index in [0.717, 1.165) is 12.8 Å². The van der Waals surface area contributed by atoms with Crippen molar-refractivity contribution in [2.24, 2.45) is 0 Å². The van der Waals surface area contributed by atoms with E-state index in [1.54, 1.807) is 6.92 Å². The zero-order chi connectivity index (χ0) is 19.2. The van der Waals surface area contributed by atoms with Gasteiger partial charge in [-0.25, -0.2) is 9.97 Å². The van der Waals surface area contributed by atoms with Crippen LogP contribution in [-0.4, -0.2) is 46.2 Å². The molecule has 1 aromatic heterocycles. The SMILES string of the molecule is Cc1nc(NCCCCO)c([N+](=O)[O-])c(N2CCc3ccccc3CC2)n1. The first-order valence-electron chi connectivity index (χ1n) is 9.29. The van der Waals surface area contributed by atoms with Gasteiger partial charge in [-0.05, 0) is 43.7 Å². The number of aromatic nitrogens is 2. The Bertz CT molecular complexity index is 785. The fourth-order valence-corrected chi connectivity index (χ4v) is 3.39. The van der Waals surface area contributed by atoms with Crippen LogP contribution in [0.2, 0.25) is 0 Å².